The summed E-state index contributed by atoms with van der Waals surface area (Å²) in [6.45, 7) is 4.92. The van der Waals surface area contributed by atoms with E-state index in [4.69, 9.17) is 14.2 Å². The van der Waals surface area contributed by atoms with Gasteiger partial charge in [-0.05, 0) is 43.9 Å². The van der Waals surface area contributed by atoms with E-state index in [0.717, 1.165) is 5.56 Å². The Morgan fingerprint density at radius 1 is 1.14 bits per heavy atom. The Labute approximate surface area is 168 Å². The summed E-state index contributed by atoms with van der Waals surface area (Å²) in [5.74, 6) is -0.607. The number of benzene rings is 2. The van der Waals surface area contributed by atoms with Crippen LogP contribution in [0.1, 0.15) is 47.7 Å². The molecule has 29 heavy (non-hydrogen) atoms. The number of halogens is 1. The summed E-state index contributed by atoms with van der Waals surface area (Å²) < 4.78 is 29.5. The van der Waals surface area contributed by atoms with Crippen molar-refractivity contribution >= 4 is 11.5 Å². The number of carbonyl (C=O) groups excluding carboxylic acids is 1. The summed E-state index contributed by atoms with van der Waals surface area (Å²) in [4.78, 5) is 23.1. The maximum atomic E-state index is 13.1. The number of rotatable bonds is 9. The topological polar surface area (TPSA) is 87.9 Å². The Morgan fingerprint density at radius 3 is 2.21 bits per heavy atom. The molecule has 2 aromatic carbocycles. The van der Waals surface area contributed by atoms with E-state index in [1.165, 1.54) is 40.2 Å². The Hall–Kier alpha value is -3.16. The third-order valence-electron chi connectivity index (χ3n) is 4.76. The van der Waals surface area contributed by atoms with Gasteiger partial charge in [0.05, 0.1) is 31.3 Å². The Morgan fingerprint density at radius 2 is 1.72 bits per heavy atom. The minimum atomic E-state index is -0.603. The van der Waals surface area contributed by atoms with E-state index in [1.807, 2.05) is 6.92 Å². The summed E-state index contributed by atoms with van der Waals surface area (Å²) >= 11 is 0. The number of ether oxygens (including phenoxy) is 3. The van der Waals surface area contributed by atoms with Crippen molar-refractivity contribution in [3.8, 4) is 17.2 Å². The number of nitrogens with zero attached hydrogens (tertiary/aromatic N) is 1. The highest BCUT2D eigenvalue weighted by atomic mass is 19.1. The summed E-state index contributed by atoms with van der Waals surface area (Å²) in [6, 6.07) is 6.18. The van der Waals surface area contributed by atoms with Crippen LogP contribution in [0.3, 0.4) is 0 Å². The molecule has 1 atom stereocenters. The summed E-state index contributed by atoms with van der Waals surface area (Å²) in [5, 5.41) is 11.6. The first-order chi connectivity index (χ1) is 13.7. The van der Waals surface area contributed by atoms with Crippen LogP contribution in [-0.2, 0) is 0 Å². The van der Waals surface area contributed by atoms with Crippen LogP contribution >= 0.6 is 0 Å². The van der Waals surface area contributed by atoms with Crippen molar-refractivity contribution in [2.24, 2.45) is 0 Å². The second-order valence-corrected chi connectivity index (χ2v) is 6.65. The number of Topliss-reactive ketones (excluding diaryl/α,β-unsaturated/α-hetero) is 1. The zero-order chi connectivity index (χ0) is 21.7. The van der Waals surface area contributed by atoms with Crippen LogP contribution in [0.15, 0.2) is 24.3 Å². The zero-order valence-corrected chi connectivity index (χ0v) is 17.1. The van der Waals surface area contributed by atoms with Crippen molar-refractivity contribution in [3.05, 3.63) is 56.9 Å². The molecule has 0 aromatic heterocycles. The van der Waals surface area contributed by atoms with Crippen molar-refractivity contribution in [1.29, 1.82) is 0 Å². The average molecular weight is 405 g/mol. The SMILES string of the molecule is COc1c(OCCC(C)c2ccc(F)cc2)c(OC)c([N+](=O)[O-])c(C)c1C(C)=O. The predicted octanol–water partition coefficient (Wildman–Crippen LogP) is 4.83. The molecule has 0 bridgehead atoms. The molecule has 0 aliphatic heterocycles. The molecule has 2 aromatic rings. The first-order valence-corrected chi connectivity index (χ1v) is 9.05. The van der Waals surface area contributed by atoms with Crippen molar-refractivity contribution in [3.63, 3.8) is 0 Å². The highest BCUT2D eigenvalue weighted by Crippen LogP contribution is 2.49. The lowest BCUT2D eigenvalue weighted by Crippen LogP contribution is -2.11. The molecule has 0 saturated carbocycles. The van der Waals surface area contributed by atoms with Gasteiger partial charge in [0.1, 0.15) is 5.82 Å². The molecule has 0 aliphatic rings. The van der Waals surface area contributed by atoms with Crippen LogP contribution in [0, 0.1) is 22.9 Å². The Balaban J connectivity index is 2.38. The fourth-order valence-corrected chi connectivity index (χ4v) is 3.24. The Kier molecular flexibility index (Phi) is 7.14. The lowest BCUT2D eigenvalue weighted by atomic mass is 9.98. The van der Waals surface area contributed by atoms with E-state index in [9.17, 15) is 19.3 Å². The molecular weight excluding hydrogens is 381 g/mol. The van der Waals surface area contributed by atoms with Gasteiger partial charge in [-0.1, -0.05) is 19.1 Å². The third-order valence-corrected chi connectivity index (χ3v) is 4.76. The molecule has 2 rings (SSSR count). The molecule has 7 nitrogen and oxygen atoms in total. The zero-order valence-electron chi connectivity index (χ0n) is 17.1. The minimum Gasteiger partial charge on any atom is -0.492 e. The number of ketones is 1. The fraction of sp³-hybridized carbons (Fsp3) is 0.381. The Bertz CT molecular complexity index is 867. The second-order valence-electron chi connectivity index (χ2n) is 6.65. The quantitative estimate of drug-likeness (QED) is 0.337. The number of nitro groups is 1. The van der Waals surface area contributed by atoms with Gasteiger partial charge >= 0.3 is 5.69 Å². The maximum Gasteiger partial charge on any atom is 0.318 e. The summed E-state index contributed by atoms with van der Waals surface area (Å²) in [7, 11) is 2.66. The number of hydrogen-bond acceptors (Lipinski definition) is 6. The third kappa shape index (κ3) is 4.64. The highest BCUT2D eigenvalue weighted by molar-refractivity contribution is 6.01. The number of hydrogen-bond donors (Lipinski definition) is 0. The smallest absolute Gasteiger partial charge is 0.318 e. The van der Waals surface area contributed by atoms with Crippen molar-refractivity contribution in [1.82, 2.24) is 0 Å². The molecule has 0 spiro atoms. The van der Waals surface area contributed by atoms with Crippen LogP contribution in [0.4, 0.5) is 10.1 Å². The maximum absolute atomic E-state index is 13.1. The molecule has 0 amide bonds. The number of nitro benzene ring substituents is 1. The van der Waals surface area contributed by atoms with E-state index >= 15 is 0 Å². The van der Waals surface area contributed by atoms with Crippen LogP contribution in [0.25, 0.3) is 0 Å². The van der Waals surface area contributed by atoms with Crippen LogP contribution in [0.2, 0.25) is 0 Å². The molecule has 0 aliphatic carbocycles. The molecule has 8 heteroatoms. The van der Waals surface area contributed by atoms with Gasteiger partial charge in [-0.25, -0.2) is 4.39 Å². The van der Waals surface area contributed by atoms with Crippen molar-refractivity contribution < 1.29 is 28.3 Å². The van der Waals surface area contributed by atoms with Gasteiger partial charge in [-0.2, -0.15) is 0 Å². The molecule has 0 N–H and O–H groups in total. The van der Waals surface area contributed by atoms with E-state index < -0.39 is 4.92 Å². The normalized spacial score (nSPS) is 11.7. The monoisotopic (exact) mass is 405 g/mol. The van der Waals surface area contributed by atoms with E-state index in [-0.39, 0.29) is 58.2 Å². The second kappa shape index (κ2) is 9.36. The van der Waals surface area contributed by atoms with Gasteiger partial charge in [0.2, 0.25) is 11.5 Å². The van der Waals surface area contributed by atoms with Gasteiger partial charge in [0.25, 0.3) is 0 Å². The molecule has 1 unspecified atom stereocenters. The van der Waals surface area contributed by atoms with Gasteiger partial charge in [0.15, 0.2) is 11.5 Å². The van der Waals surface area contributed by atoms with Crippen molar-refractivity contribution in [2.45, 2.75) is 33.1 Å². The van der Waals surface area contributed by atoms with Gasteiger partial charge in [-0.3, -0.25) is 14.9 Å². The van der Waals surface area contributed by atoms with Crippen LogP contribution in [0.5, 0.6) is 17.2 Å². The number of carbonyl (C=O) groups is 1. The predicted molar refractivity (Wildman–Crippen MR) is 106 cm³/mol. The molecule has 156 valence electrons. The lowest BCUT2D eigenvalue weighted by molar-refractivity contribution is -0.386. The van der Waals surface area contributed by atoms with Crippen molar-refractivity contribution in [2.75, 3.05) is 20.8 Å². The lowest BCUT2D eigenvalue weighted by Gasteiger charge is -2.19. The largest absolute Gasteiger partial charge is 0.492 e. The first kappa shape index (κ1) is 22.1. The minimum absolute atomic E-state index is 0.0174. The van der Waals surface area contributed by atoms with E-state index in [2.05, 4.69) is 0 Å². The van der Waals surface area contributed by atoms with E-state index in [0.29, 0.717) is 6.42 Å². The molecule has 0 radical (unpaired) electrons. The molecular formula is C21H24FNO6. The van der Waals surface area contributed by atoms with Gasteiger partial charge in [-0.15, -0.1) is 0 Å². The summed E-state index contributed by atoms with van der Waals surface area (Å²) in [6.07, 6.45) is 0.551. The summed E-state index contributed by atoms with van der Waals surface area (Å²) in [5.41, 5.74) is 0.845. The first-order valence-electron chi connectivity index (χ1n) is 9.05. The van der Waals surface area contributed by atoms with Crippen LogP contribution < -0.4 is 14.2 Å². The van der Waals surface area contributed by atoms with E-state index in [1.54, 1.807) is 12.1 Å². The van der Waals surface area contributed by atoms with Gasteiger partial charge < -0.3 is 14.2 Å². The molecule has 0 heterocycles. The average Bonchev–Trinajstić information content (AvgIpc) is 2.67. The molecule has 0 fully saturated rings. The highest BCUT2D eigenvalue weighted by Gasteiger charge is 2.33. The number of methoxy groups -OCH3 is 2. The molecule has 0 saturated heterocycles. The standard InChI is InChI=1S/C21H24FNO6/c1-12(15-6-8-16(22)9-7-15)10-11-29-21-19(27-4)17(14(3)24)13(2)18(23(25)26)20(21)28-5/h6-9,12H,10-11H2,1-5H3. The van der Waals surface area contributed by atoms with Crippen LogP contribution in [-0.4, -0.2) is 31.5 Å². The van der Waals surface area contributed by atoms with Gasteiger partial charge in [0, 0.05) is 5.56 Å². The fourth-order valence-electron chi connectivity index (χ4n) is 3.24.